The van der Waals surface area contributed by atoms with E-state index in [1.807, 2.05) is 0 Å². The van der Waals surface area contributed by atoms with Crippen molar-refractivity contribution >= 4 is 11.8 Å². The van der Waals surface area contributed by atoms with Crippen molar-refractivity contribution in [1.82, 2.24) is 14.9 Å². The standard InChI is InChI=1S/C24H23FN4O3/c1-15-20(22(26)30)12-27-23(28-15)17-10-11-29(13-17)24(31)16-6-8-19(9-7-16)32-14-18-4-2-3-5-21(18)25/h2-9,12,17H,10-11,13-14H2,1H3,(H2,26,30)/t17-/m0/s1. The number of likely N-dealkylation sites (tertiary alicyclic amines) is 1. The third-order valence-corrected chi connectivity index (χ3v) is 5.56. The number of carbonyl (C=O) groups excluding carboxylic acids is 2. The first kappa shape index (κ1) is 21.4. The summed E-state index contributed by atoms with van der Waals surface area (Å²) in [5.74, 6) is 0.216. The molecule has 2 heterocycles. The smallest absolute Gasteiger partial charge is 0.253 e. The molecule has 2 aromatic carbocycles. The molecule has 1 aliphatic rings. The summed E-state index contributed by atoms with van der Waals surface area (Å²) in [6, 6.07) is 13.3. The molecule has 1 saturated heterocycles. The van der Waals surface area contributed by atoms with Crippen molar-refractivity contribution in [2.24, 2.45) is 5.73 Å². The van der Waals surface area contributed by atoms with Crippen LogP contribution in [0.15, 0.2) is 54.7 Å². The van der Waals surface area contributed by atoms with Crippen LogP contribution >= 0.6 is 0 Å². The summed E-state index contributed by atoms with van der Waals surface area (Å²) in [6.45, 7) is 2.93. The van der Waals surface area contributed by atoms with Gasteiger partial charge >= 0.3 is 0 Å². The van der Waals surface area contributed by atoms with Gasteiger partial charge in [-0.3, -0.25) is 9.59 Å². The maximum atomic E-state index is 13.7. The zero-order chi connectivity index (χ0) is 22.7. The van der Waals surface area contributed by atoms with E-state index in [1.165, 1.54) is 12.3 Å². The number of benzene rings is 2. The second kappa shape index (κ2) is 9.13. The lowest BCUT2D eigenvalue weighted by Crippen LogP contribution is -2.28. The summed E-state index contributed by atoms with van der Waals surface area (Å²) in [4.78, 5) is 34.7. The lowest BCUT2D eigenvalue weighted by Gasteiger charge is -2.17. The third kappa shape index (κ3) is 4.59. The monoisotopic (exact) mass is 434 g/mol. The van der Waals surface area contributed by atoms with Gasteiger partial charge in [-0.1, -0.05) is 18.2 Å². The van der Waals surface area contributed by atoms with Crippen molar-refractivity contribution in [1.29, 1.82) is 0 Å². The molecule has 0 unspecified atom stereocenters. The number of halogens is 1. The number of rotatable bonds is 6. The second-order valence-electron chi connectivity index (χ2n) is 7.73. The first-order valence-corrected chi connectivity index (χ1v) is 10.3. The molecule has 0 spiro atoms. The predicted molar refractivity (Wildman–Crippen MR) is 116 cm³/mol. The van der Waals surface area contributed by atoms with Crippen LogP contribution in [0.3, 0.4) is 0 Å². The van der Waals surface area contributed by atoms with Crippen molar-refractivity contribution < 1.29 is 18.7 Å². The molecule has 1 aromatic heterocycles. The highest BCUT2D eigenvalue weighted by Gasteiger charge is 2.30. The zero-order valence-corrected chi connectivity index (χ0v) is 17.6. The molecule has 2 amide bonds. The summed E-state index contributed by atoms with van der Waals surface area (Å²) >= 11 is 0. The molecule has 7 nitrogen and oxygen atoms in total. The molecule has 0 aliphatic carbocycles. The summed E-state index contributed by atoms with van der Waals surface area (Å²) in [5.41, 5.74) is 7.17. The predicted octanol–water partition coefficient (Wildman–Crippen LogP) is 3.23. The number of hydrogen-bond donors (Lipinski definition) is 1. The number of carbonyl (C=O) groups is 2. The Morgan fingerprint density at radius 3 is 2.62 bits per heavy atom. The minimum absolute atomic E-state index is 0.00273. The van der Waals surface area contributed by atoms with Gasteiger partial charge in [-0.2, -0.15) is 0 Å². The highest BCUT2D eigenvalue weighted by Crippen LogP contribution is 2.27. The van der Waals surface area contributed by atoms with E-state index in [9.17, 15) is 14.0 Å². The first-order chi connectivity index (χ1) is 15.4. The lowest BCUT2D eigenvalue weighted by atomic mass is 10.1. The normalized spacial score (nSPS) is 15.6. The Hall–Kier alpha value is -3.81. The van der Waals surface area contributed by atoms with E-state index in [1.54, 1.807) is 54.3 Å². The van der Waals surface area contributed by atoms with Gasteiger partial charge in [-0.25, -0.2) is 14.4 Å². The van der Waals surface area contributed by atoms with Crippen molar-refractivity contribution in [2.45, 2.75) is 25.9 Å². The molecule has 0 radical (unpaired) electrons. The van der Waals surface area contributed by atoms with Crippen LogP contribution in [0.2, 0.25) is 0 Å². The van der Waals surface area contributed by atoms with E-state index in [-0.39, 0.29) is 24.2 Å². The molecule has 1 fully saturated rings. The molecule has 164 valence electrons. The fraction of sp³-hybridized carbons (Fsp3) is 0.250. The Bertz CT molecular complexity index is 1150. The Labute approximate surface area is 185 Å². The fourth-order valence-corrected chi connectivity index (χ4v) is 3.73. The van der Waals surface area contributed by atoms with Crippen LogP contribution in [0.4, 0.5) is 4.39 Å². The van der Waals surface area contributed by atoms with E-state index in [0.29, 0.717) is 47.0 Å². The van der Waals surface area contributed by atoms with Gasteiger partial charge in [-0.05, 0) is 43.7 Å². The Kier molecular flexibility index (Phi) is 6.11. The van der Waals surface area contributed by atoms with Gasteiger partial charge in [0, 0.05) is 36.3 Å². The largest absolute Gasteiger partial charge is 0.489 e. The SMILES string of the molecule is Cc1nc([C@H]2CCN(C(=O)c3ccc(OCc4ccccc4F)cc3)C2)ncc1C(N)=O. The van der Waals surface area contributed by atoms with E-state index >= 15 is 0 Å². The zero-order valence-electron chi connectivity index (χ0n) is 17.6. The Morgan fingerprint density at radius 1 is 1.19 bits per heavy atom. The molecule has 32 heavy (non-hydrogen) atoms. The van der Waals surface area contributed by atoms with E-state index < -0.39 is 5.91 Å². The maximum Gasteiger partial charge on any atom is 0.253 e. The summed E-state index contributed by atoms with van der Waals surface area (Å²) in [7, 11) is 0. The first-order valence-electron chi connectivity index (χ1n) is 10.3. The number of aryl methyl sites for hydroxylation is 1. The van der Waals surface area contributed by atoms with E-state index in [0.717, 1.165) is 6.42 Å². The number of ether oxygens (including phenoxy) is 1. The van der Waals surface area contributed by atoms with Crippen LogP contribution in [0.25, 0.3) is 0 Å². The highest BCUT2D eigenvalue weighted by atomic mass is 19.1. The Morgan fingerprint density at radius 2 is 1.94 bits per heavy atom. The molecular weight excluding hydrogens is 411 g/mol. The summed E-state index contributed by atoms with van der Waals surface area (Å²) < 4.78 is 19.3. The van der Waals surface area contributed by atoms with Crippen LogP contribution in [0.5, 0.6) is 5.75 Å². The van der Waals surface area contributed by atoms with Gasteiger partial charge in [0.15, 0.2) is 0 Å². The number of nitrogens with zero attached hydrogens (tertiary/aromatic N) is 3. The van der Waals surface area contributed by atoms with Gasteiger partial charge in [0.2, 0.25) is 0 Å². The fourth-order valence-electron chi connectivity index (χ4n) is 3.73. The third-order valence-electron chi connectivity index (χ3n) is 5.56. The summed E-state index contributed by atoms with van der Waals surface area (Å²) in [5, 5.41) is 0. The van der Waals surface area contributed by atoms with E-state index in [2.05, 4.69) is 9.97 Å². The lowest BCUT2D eigenvalue weighted by molar-refractivity contribution is 0.0790. The van der Waals surface area contributed by atoms with Crippen molar-refractivity contribution in [3.63, 3.8) is 0 Å². The number of nitrogens with two attached hydrogens (primary N) is 1. The number of aromatic nitrogens is 2. The van der Waals surface area contributed by atoms with Crippen LogP contribution in [0.1, 0.15) is 50.1 Å². The Balaban J connectivity index is 1.37. The molecular formula is C24H23FN4O3. The number of amides is 2. The second-order valence-corrected chi connectivity index (χ2v) is 7.73. The molecule has 0 saturated carbocycles. The molecule has 4 rings (SSSR count). The van der Waals surface area contributed by atoms with Crippen LogP contribution in [0, 0.1) is 12.7 Å². The topological polar surface area (TPSA) is 98.4 Å². The highest BCUT2D eigenvalue weighted by molar-refractivity contribution is 5.94. The van der Waals surface area contributed by atoms with Crippen molar-refractivity contribution in [3.05, 3.63) is 88.8 Å². The van der Waals surface area contributed by atoms with Crippen LogP contribution < -0.4 is 10.5 Å². The average molecular weight is 434 g/mol. The molecule has 1 aliphatic heterocycles. The van der Waals surface area contributed by atoms with Crippen molar-refractivity contribution in [3.8, 4) is 5.75 Å². The van der Waals surface area contributed by atoms with Gasteiger partial charge in [0.25, 0.3) is 11.8 Å². The van der Waals surface area contributed by atoms with Gasteiger partial charge in [0.05, 0.1) is 11.3 Å². The number of hydrogen-bond acceptors (Lipinski definition) is 5. The minimum Gasteiger partial charge on any atom is -0.489 e. The molecule has 8 heteroatoms. The molecule has 3 aromatic rings. The molecule has 1 atom stereocenters. The molecule has 0 bridgehead atoms. The van der Waals surface area contributed by atoms with Gasteiger partial charge in [0.1, 0.15) is 24.0 Å². The van der Waals surface area contributed by atoms with E-state index in [4.69, 9.17) is 10.5 Å². The quantitative estimate of drug-likeness (QED) is 0.642. The summed E-state index contributed by atoms with van der Waals surface area (Å²) in [6.07, 6.45) is 2.19. The van der Waals surface area contributed by atoms with Gasteiger partial charge in [-0.15, -0.1) is 0 Å². The van der Waals surface area contributed by atoms with Gasteiger partial charge < -0.3 is 15.4 Å². The average Bonchev–Trinajstić information content (AvgIpc) is 3.28. The van der Waals surface area contributed by atoms with Crippen LogP contribution in [-0.4, -0.2) is 39.8 Å². The van der Waals surface area contributed by atoms with Crippen molar-refractivity contribution in [2.75, 3.05) is 13.1 Å². The minimum atomic E-state index is -0.557. The number of primary amides is 1. The maximum absolute atomic E-state index is 13.7. The molecule has 2 N–H and O–H groups in total. The van der Waals surface area contributed by atoms with Crippen LogP contribution in [-0.2, 0) is 6.61 Å².